The number of benzene rings is 1. The molecule has 0 unspecified atom stereocenters. The lowest BCUT2D eigenvalue weighted by molar-refractivity contribution is 0.0695. The third kappa shape index (κ3) is 2.75. The van der Waals surface area contributed by atoms with Crippen molar-refractivity contribution in [2.45, 2.75) is 24.5 Å². The van der Waals surface area contributed by atoms with Gasteiger partial charge in [0.2, 0.25) is 0 Å². The van der Waals surface area contributed by atoms with Crippen LogP contribution in [0.2, 0.25) is 0 Å². The van der Waals surface area contributed by atoms with E-state index in [2.05, 4.69) is 0 Å². The van der Waals surface area contributed by atoms with Crippen molar-refractivity contribution < 1.29 is 22.7 Å². The van der Waals surface area contributed by atoms with Crippen LogP contribution in [0.1, 0.15) is 27.4 Å². The van der Waals surface area contributed by atoms with Crippen molar-refractivity contribution in [3.05, 3.63) is 53.0 Å². The summed E-state index contributed by atoms with van der Waals surface area (Å²) in [4.78, 5) is 11.1. The van der Waals surface area contributed by atoms with Gasteiger partial charge in [0, 0.05) is 0 Å². The summed E-state index contributed by atoms with van der Waals surface area (Å²) >= 11 is 0. The first-order valence-corrected chi connectivity index (χ1v) is 7.57. The molecule has 0 amide bonds. The highest BCUT2D eigenvalue weighted by Crippen LogP contribution is 2.22. The van der Waals surface area contributed by atoms with Gasteiger partial charge in [-0.05, 0) is 31.5 Å². The van der Waals surface area contributed by atoms with Gasteiger partial charge < -0.3 is 9.52 Å². The van der Waals surface area contributed by atoms with E-state index in [0.717, 1.165) is 0 Å². The van der Waals surface area contributed by atoms with Crippen molar-refractivity contribution in [3.63, 3.8) is 0 Å². The Morgan fingerprint density at radius 3 is 2.45 bits per heavy atom. The molecule has 1 aromatic heterocycles. The van der Waals surface area contributed by atoms with Gasteiger partial charge in [0.05, 0.1) is 4.90 Å². The zero-order valence-electron chi connectivity index (χ0n) is 11.1. The van der Waals surface area contributed by atoms with Gasteiger partial charge in [-0.15, -0.1) is 0 Å². The summed E-state index contributed by atoms with van der Waals surface area (Å²) in [7, 11) is -3.56. The van der Waals surface area contributed by atoms with Gasteiger partial charge in [-0.2, -0.15) is 0 Å². The summed E-state index contributed by atoms with van der Waals surface area (Å²) in [5.74, 6) is -1.16. The van der Waals surface area contributed by atoms with Crippen LogP contribution in [-0.2, 0) is 15.6 Å². The van der Waals surface area contributed by atoms with E-state index in [9.17, 15) is 13.2 Å². The molecule has 0 fully saturated rings. The molecule has 1 heterocycles. The maximum absolute atomic E-state index is 12.3. The Kier molecular flexibility index (Phi) is 3.67. The Hall–Kier alpha value is -2.08. The monoisotopic (exact) mass is 294 g/mol. The lowest BCUT2D eigenvalue weighted by Crippen LogP contribution is -2.06. The summed E-state index contributed by atoms with van der Waals surface area (Å²) in [5.41, 5.74) is 0.634. The third-order valence-electron chi connectivity index (χ3n) is 2.96. The molecule has 20 heavy (non-hydrogen) atoms. The number of furan rings is 1. The Morgan fingerprint density at radius 2 is 1.90 bits per heavy atom. The van der Waals surface area contributed by atoms with E-state index in [4.69, 9.17) is 9.52 Å². The van der Waals surface area contributed by atoms with Crippen LogP contribution in [0.15, 0.2) is 39.6 Å². The van der Waals surface area contributed by atoms with Crippen LogP contribution in [0.5, 0.6) is 0 Å². The maximum atomic E-state index is 12.3. The van der Waals surface area contributed by atoms with E-state index in [0.29, 0.717) is 5.56 Å². The minimum absolute atomic E-state index is 0.0139. The molecule has 0 saturated heterocycles. The predicted octanol–water partition coefficient (Wildman–Crippen LogP) is 2.57. The average molecular weight is 294 g/mol. The van der Waals surface area contributed by atoms with Gasteiger partial charge in [0.1, 0.15) is 22.8 Å². The Morgan fingerprint density at radius 1 is 1.25 bits per heavy atom. The number of rotatable bonds is 4. The van der Waals surface area contributed by atoms with E-state index < -0.39 is 15.8 Å². The number of hydrogen-bond acceptors (Lipinski definition) is 4. The molecule has 5 nitrogen and oxygen atoms in total. The quantitative estimate of drug-likeness (QED) is 0.936. The van der Waals surface area contributed by atoms with Crippen LogP contribution in [0.4, 0.5) is 0 Å². The molecule has 6 heteroatoms. The van der Waals surface area contributed by atoms with E-state index >= 15 is 0 Å². The maximum Gasteiger partial charge on any atom is 0.339 e. The first kappa shape index (κ1) is 14.3. The van der Waals surface area contributed by atoms with E-state index in [-0.39, 0.29) is 27.7 Å². The molecule has 2 rings (SSSR count). The zero-order valence-corrected chi connectivity index (χ0v) is 11.9. The van der Waals surface area contributed by atoms with Crippen LogP contribution >= 0.6 is 0 Å². The number of carboxylic acids is 1. The number of carbonyl (C=O) groups is 1. The van der Waals surface area contributed by atoms with Crippen LogP contribution in [0.25, 0.3) is 0 Å². The second-order valence-electron chi connectivity index (χ2n) is 4.51. The van der Waals surface area contributed by atoms with Gasteiger partial charge >= 0.3 is 5.97 Å². The molecule has 106 valence electrons. The zero-order chi connectivity index (χ0) is 14.9. The number of sulfone groups is 1. The molecule has 0 saturated carbocycles. The lowest BCUT2D eigenvalue weighted by Gasteiger charge is -2.05. The molecule has 0 bridgehead atoms. The second-order valence-corrected chi connectivity index (χ2v) is 6.47. The Bertz CT molecular complexity index is 756. The first-order chi connectivity index (χ1) is 9.31. The van der Waals surface area contributed by atoms with Gasteiger partial charge in [-0.1, -0.05) is 18.2 Å². The number of aryl methyl sites for hydroxylation is 2. The van der Waals surface area contributed by atoms with Crippen molar-refractivity contribution in [1.29, 1.82) is 0 Å². The molecule has 1 N–H and O–H groups in total. The van der Waals surface area contributed by atoms with Gasteiger partial charge in [-0.3, -0.25) is 0 Å². The molecular formula is C14H14O5S. The van der Waals surface area contributed by atoms with Crippen molar-refractivity contribution in [2.24, 2.45) is 0 Å². The smallest absolute Gasteiger partial charge is 0.339 e. The average Bonchev–Trinajstić information content (AvgIpc) is 2.69. The fourth-order valence-electron chi connectivity index (χ4n) is 2.00. The minimum atomic E-state index is -3.56. The normalized spacial score (nSPS) is 11.5. The molecule has 0 aliphatic carbocycles. The van der Waals surface area contributed by atoms with Crippen LogP contribution < -0.4 is 0 Å². The highest BCUT2D eigenvalue weighted by atomic mass is 32.2. The summed E-state index contributed by atoms with van der Waals surface area (Å²) in [6, 6.07) is 7.90. The third-order valence-corrected chi connectivity index (χ3v) is 4.75. The van der Waals surface area contributed by atoms with Crippen LogP contribution in [0, 0.1) is 13.8 Å². The number of carboxylic acid groups (broad SMARTS) is 1. The van der Waals surface area contributed by atoms with Crippen molar-refractivity contribution in [3.8, 4) is 0 Å². The summed E-state index contributed by atoms with van der Waals surface area (Å²) < 4.78 is 29.8. The molecule has 0 radical (unpaired) electrons. The minimum Gasteiger partial charge on any atom is -0.478 e. The Balaban J connectivity index is 2.37. The topological polar surface area (TPSA) is 84.6 Å². The molecule has 0 spiro atoms. The first-order valence-electron chi connectivity index (χ1n) is 5.92. The molecule has 0 atom stereocenters. The molecule has 2 aromatic rings. The summed E-state index contributed by atoms with van der Waals surface area (Å²) in [5, 5.41) is 8.93. The van der Waals surface area contributed by atoms with E-state index in [1.807, 2.05) is 0 Å². The predicted molar refractivity (Wildman–Crippen MR) is 72.5 cm³/mol. The number of aromatic carboxylic acids is 1. The number of hydrogen-bond donors (Lipinski definition) is 1. The largest absolute Gasteiger partial charge is 0.478 e. The standard InChI is InChI=1S/C14H14O5S/c1-9-5-3-4-6-13(9)20(17,18)8-11-7-12(14(15)16)10(2)19-11/h3-7H,8H2,1-2H3,(H,15,16). The summed E-state index contributed by atoms with van der Waals surface area (Å²) in [6.45, 7) is 3.20. The summed E-state index contributed by atoms with van der Waals surface area (Å²) in [6.07, 6.45) is 0. The van der Waals surface area contributed by atoms with Crippen molar-refractivity contribution >= 4 is 15.8 Å². The highest BCUT2D eigenvalue weighted by Gasteiger charge is 2.22. The fraction of sp³-hybridized carbons (Fsp3) is 0.214. The Labute approximate surface area is 116 Å². The molecule has 0 aliphatic heterocycles. The van der Waals surface area contributed by atoms with E-state index in [1.165, 1.54) is 19.1 Å². The van der Waals surface area contributed by atoms with Gasteiger partial charge in [-0.25, -0.2) is 13.2 Å². The molecular weight excluding hydrogens is 280 g/mol. The van der Waals surface area contributed by atoms with Crippen LogP contribution in [-0.4, -0.2) is 19.5 Å². The van der Waals surface area contributed by atoms with Gasteiger partial charge in [0.15, 0.2) is 9.84 Å². The fourth-order valence-corrected chi connectivity index (χ4v) is 3.51. The van der Waals surface area contributed by atoms with Crippen LogP contribution in [0.3, 0.4) is 0 Å². The SMILES string of the molecule is Cc1ccccc1S(=O)(=O)Cc1cc(C(=O)O)c(C)o1. The van der Waals surface area contributed by atoms with Crippen molar-refractivity contribution in [2.75, 3.05) is 0 Å². The lowest BCUT2D eigenvalue weighted by atomic mass is 10.2. The molecule has 0 aliphatic rings. The van der Waals surface area contributed by atoms with Crippen molar-refractivity contribution in [1.82, 2.24) is 0 Å². The van der Waals surface area contributed by atoms with Gasteiger partial charge in [0.25, 0.3) is 0 Å². The highest BCUT2D eigenvalue weighted by molar-refractivity contribution is 7.90. The molecule has 1 aromatic carbocycles. The van der Waals surface area contributed by atoms with E-state index in [1.54, 1.807) is 25.1 Å². The second kappa shape index (κ2) is 5.13.